The van der Waals surface area contributed by atoms with Crippen molar-refractivity contribution in [1.82, 2.24) is 10.0 Å². The average Bonchev–Trinajstić information content (AvgIpc) is 3.29. The molecular formula is C18H20N2O6S. The summed E-state index contributed by atoms with van der Waals surface area (Å²) in [6.45, 7) is 1.73. The molecule has 0 radical (unpaired) electrons. The average molecular weight is 392 g/mol. The fraction of sp³-hybridized carbons (Fsp3) is 0.333. The number of carbonyl (C=O) groups is 2. The van der Waals surface area contributed by atoms with Crippen molar-refractivity contribution in [3.63, 3.8) is 0 Å². The van der Waals surface area contributed by atoms with E-state index in [-0.39, 0.29) is 16.9 Å². The fourth-order valence-electron chi connectivity index (χ4n) is 2.25. The Hall–Kier alpha value is -2.65. The van der Waals surface area contributed by atoms with Crippen molar-refractivity contribution in [3.8, 4) is 0 Å². The first-order valence-corrected chi connectivity index (χ1v) is 9.98. The Morgan fingerprint density at radius 3 is 2.56 bits per heavy atom. The molecular weight excluding hydrogens is 372 g/mol. The predicted molar refractivity (Wildman–Crippen MR) is 95.2 cm³/mol. The van der Waals surface area contributed by atoms with Gasteiger partial charge in [0.15, 0.2) is 6.10 Å². The number of benzene rings is 1. The highest BCUT2D eigenvalue weighted by molar-refractivity contribution is 7.89. The molecule has 2 aromatic rings. The lowest BCUT2D eigenvalue weighted by molar-refractivity contribution is -0.129. The van der Waals surface area contributed by atoms with Crippen LogP contribution in [-0.2, 0) is 26.1 Å². The normalized spacial score (nSPS) is 15.1. The van der Waals surface area contributed by atoms with Crippen molar-refractivity contribution in [2.75, 3.05) is 0 Å². The number of sulfonamides is 1. The summed E-state index contributed by atoms with van der Waals surface area (Å²) >= 11 is 0. The standard InChI is InChI=1S/C18H20N2O6S/c1-12(17(21)19-11-13-5-3-2-4-6-13)25-18(22)15-9-10-16(26-15)27(23,24)20-14-7-8-14/h2-6,9-10,12,14,20H,7-8,11H2,1H3,(H,19,21). The van der Waals surface area contributed by atoms with E-state index in [4.69, 9.17) is 9.15 Å². The minimum Gasteiger partial charge on any atom is -0.447 e. The first kappa shape index (κ1) is 19.1. The van der Waals surface area contributed by atoms with Crippen molar-refractivity contribution in [1.29, 1.82) is 0 Å². The Balaban J connectivity index is 1.54. The topological polar surface area (TPSA) is 115 Å². The van der Waals surface area contributed by atoms with E-state index in [0.29, 0.717) is 6.54 Å². The SMILES string of the molecule is CC(OC(=O)c1ccc(S(=O)(=O)NC2CC2)o1)C(=O)NCc1ccccc1. The second-order valence-corrected chi connectivity index (χ2v) is 7.91. The van der Waals surface area contributed by atoms with E-state index < -0.39 is 28.0 Å². The summed E-state index contributed by atoms with van der Waals surface area (Å²) in [6, 6.07) is 11.6. The van der Waals surface area contributed by atoms with Gasteiger partial charge in [-0.3, -0.25) is 4.79 Å². The molecule has 27 heavy (non-hydrogen) atoms. The van der Waals surface area contributed by atoms with Crippen LogP contribution in [0.25, 0.3) is 0 Å². The molecule has 0 spiro atoms. The third-order valence-corrected chi connectivity index (χ3v) is 5.30. The zero-order chi connectivity index (χ0) is 19.4. The number of rotatable bonds is 8. The molecule has 1 saturated carbocycles. The van der Waals surface area contributed by atoms with Crippen LogP contribution in [0.15, 0.2) is 52.0 Å². The molecule has 9 heteroatoms. The summed E-state index contributed by atoms with van der Waals surface area (Å²) in [5.74, 6) is -1.67. The molecule has 0 aliphatic heterocycles. The number of hydrogen-bond acceptors (Lipinski definition) is 6. The van der Waals surface area contributed by atoms with Crippen LogP contribution < -0.4 is 10.0 Å². The first-order valence-electron chi connectivity index (χ1n) is 8.50. The highest BCUT2D eigenvalue weighted by atomic mass is 32.2. The maximum atomic E-state index is 12.1. The van der Waals surface area contributed by atoms with Gasteiger partial charge in [0.2, 0.25) is 10.9 Å². The summed E-state index contributed by atoms with van der Waals surface area (Å²) in [6.07, 6.45) is 0.505. The van der Waals surface area contributed by atoms with Gasteiger partial charge in [0.25, 0.3) is 15.9 Å². The molecule has 1 aromatic heterocycles. The maximum Gasteiger partial charge on any atom is 0.375 e. The molecule has 144 valence electrons. The van der Waals surface area contributed by atoms with Crippen molar-refractivity contribution in [3.05, 3.63) is 53.8 Å². The Morgan fingerprint density at radius 2 is 1.89 bits per heavy atom. The van der Waals surface area contributed by atoms with E-state index in [1.807, 2.05) is 30.3 Å². The van der Waals surface area contributed by atoms with Gasteiger partial charge in [-0.25, -0.2) is 17.9 Å². The number of amides is 1. The van der Waals surface area contributed by atoms with E-state index >= 15 is 0 Å². The van der Waals surface area contributed by atoms with Crippen LogP contribution in [0.3, 0.4) is 0 Å². The number of furan rings is 1. The number of nitrogens with one attached hydrogen (secondary N) is 2. The molecule has 1 heterocycles. The molecule has 1 amide bonds. The van der Waals surface area contributed by atoms with E-state index in [2.05, 4.69) is 10.0 Å². The second-order valence-electron chi connectivity index (χ2n) is 6.27. The second kappa shape index (κ2) is 7.93. The molecule has 3 rings (SSSR count). The lowest BCUT2D eigenvalue weighted by Crippen LogP contribution is -2.35. The zero-order valence-electron chi connectivity index (χ0n) is 14.7. The number of carbonyl (C=O) groups excluding carboxylic acids is 2. The van der Waals surface area contributed by atoms with E-state index in [1.54, 1.807) is 0 Å². The van der Waals surface area contributed by atoms with Crippen LogP contribution in [-0.4, -0.2) is 32.4 Å². The molecule has 2 N–H and O–H groups in total. The number of ether oxygens (including phenoxy) is 1. The summed E-state index contributed by atoms with van der Waals surface area (Å²) in [7, 11) is -3.80. The molecule has 1 fully saturated rings. The van der Waals surface area contributed by atoms with E-state index in [1.165, 1.54) is 19.1 Å². The summed E-state index contributed by atoms with van der Waals surface area (Å²) in [5, 5.41) is 2.30. The highest BCUT2D eigenvalue weighted by Crippen LogP contribution is 2.23. The van der Waals surface area contributed by atoms with Gasteiger partial charge in [-0.1, -0.05) is 30.3 Å². The van der Waals surface area contributed by atoms with Gasteiger partial charge in [-0.05, 0) is 37.5 Å². The highest BCUT2D eigenvalue weighted by Gasteiger charge is 2.31. The molecule has 1 aromatic carbocycles. The van der Waals surface area contributed by atoms with Crippen LogP contribution in [0.4, 0.5) is 0 Å². The minimum atomic E-state index is -3.80. The number of hydrogen-bond donors (Lipinski definition) is 2. The van der Waals surface area contributed by atoms with Gasteiger partial charge < -0.3 is 14.5 Å². The largest absolute Gasteiger partial charge is 0.447 e. The summed E-state index contributed by atoms with van der Waals surface area (Å²) in [5.41, 5.74) is 0.911. The van der Waals surface area contributed by atoms with Crippen LogP contribution in [0.5, 0.6) is 0 Å². The van der Waals surface area contributed by atoms with Gasteiger partial charge in [0.1, 0.15) is 0 Å². The summed E-state index contributed by atoms with van der Waals surface area (Å²) in [4.78, 5) is 24.1. The quantitative estimate of drug-likeness (QED) is 0.659. The van der Waals surface area contributed by atoms with Crippen LogP contribution >= 0.6 is 0 Å². The van der Waals surface area contributed by atoms with Gasteiger partial charge in [0.05, 0.1) is 0 Å². The zero-order valence-corrected chi connectivity index (χ0v) is 15.5. The Kier molecular flexibility index (Phi) is 5.62. The lowest BCUT2D eigenvalue weighted by Gasteiger charge is -2.12. The molecule has 8 nitrogen and oxygen atoms in total. The monoisotopic (exact) mass is 392 g/mol. The first-order chi connectivity index (χ1) is 12.8. The molecule has 1 aliphatic rings. The van der Waals surface area contributed by atoms with Crippen molar-refractivity contribution < 1.29 is 27.2 Å². The Morgan fingerprint density at radius 1 is 1.19 bits per heavy atom. The Labute approximate surface area is 156 Å². The van der Waals surface area contributed by atoms with Crippen molar-refractivity contribution in [2.45, 2.75) is 43.5 Å². The van der Waals surface area contributed by atoms with Gasteiger partial charge in [-0.15, -0.1) is 0 Å². The lowest BCUT2D eigenvalue weighted by atomic mass is 10.2. The van der Waals surface area contributed by atoms with Crippen molar-refractivity contribution >= 4 is 21.9 Å². The van der Waals surface area contributed by atoms with Crippen molar-refractivity contribution in [2.24, 2.45) is 0 Å². The van der Waals surface area contributed by atoms with E-state index in [9.17, 15) is 18.0 Å². The predicted octanol–water partition coefficient (Wildman–Crippen LogP) is 1.58. The van der Waals surface area contributed by atoms with Gasteiger partial charge in [-0.2, -0.15) is 0 Å². The van der Waals surface area contributed by atoms with E-state index in [0.717, 1.165) is 18.4 Å². The van der Waals surface area contributed by atoms with Gasteiger partial charge in [0, 0.05) is 12.6 Å². The van der Waals surface area contributed by atoms with Crippen LogP contribution in [0, 0.1) is 0 Å². The van der Waals surface area contributed by atoms with Gasteiger partial charge >= 0.3 is 5.97 Å². The molecule has 1 atom stereocenters. The maximum absolute atomic E-state index is 12.1. The number of esters is 1. The van der Waals surface area contributed by atoms with Crippen LogP contribution in [0.1, 0.15) is 35.9 Å². The molecule has 0 saturated heterocycles. The molecule has 1 unspecified atom stereocenters. The third-order valence-electron chi connectivity index (χ3n) is 3.91. The smallest absolute Gasteiger partial charge is 0.375 e. The summed E-state index contributed by atoms with van der Waals surface area (Å²) < 4.78 is 36.7. The molecule has 0 bridgehead atoms. The minimum absolute atomic E-state index is 0.0798. The van der Waals surface area contributed by atoms with Crippen LogP contribution in [0.2, 0.25) is 0 Å². The molecule has 1 aliphatic carbocycles. The third kappa shape index (κ3) is 5.18. The Bertz CT molecular complexity index is 918. The fourth-order valence-corrected chi connectivity index (χ4v) is 3.49.